The fourth-order valence-electron chi connectivity index (χ4n) is 2.07. The van der Waals surface area contributed by atoms with Gasteiger partial charge in [-0.05, 0) is 37.8 Å². The summed E-state index contributed by atoms with van der Waals surface area (Å²) in [6, 6.07) is 3.82. The third-order valence-electron chi connectivity index (χ3n) is 3.43. The molecule has 1 aromatic rings. The molecule has 0 aliphatic heterocycles. The number of ether oxygens (including phenoxy) is 1. The molecule has 1 aliphatic carbocycles. The molecule has 1 atom stereocenters. The Kier molecular flexibility index (Phi) is 3.61. The summed E-state index contributed by atoms with van der Waals surface area (Å²) in [5.41, 5.74) is 0.501. The van der Waals surface area contributed by atoms with Crippen molar-refractivity contribution in [2.75, 3.05) is 12.4 Å². The Morgan fingerprint density at radius 2 is 2.35 bits per heavy atom. The molecule has 4 heteroatoms. The standard InChI is InChI=1S/C13H18N2O2/c1-9(10-5-3-6-10)15-12-11(13(16)17-2)7-4-8-14-12/h4,7-10H,3,5-6H2,1-2H3,(H,14,15). The molecule has 1 unspecified atom stereocenters. The molecule has 92 valence electrons. The van der Waals surface area contributed by atoms with Crippen LogP contribution < -0.4 is 5.32 Å². The van der Waals surface area contributed by atoms with E-state index < -0.39 is 0 Å². The number of pyridine rings is 1. The minimum Gasteiger partial charge on any atom is -0.465 e. The molecule has 0 radical (unpaired) electrons. The topological polar surface area (TPSA) is 51.2 Å². The maximum Gasteiger partial charge on any atom is 0.341 e. The molecule has 2 rings (SSSR count). The summed E-state index contributed by atoms with van der Waals surface area (Å²) in [6.07, 6.45) is 5.51. The largest absolute Gasteiger partial charge is 0.465 e. The van der Waals surface area contributed by atoms with Gasteiger partial charge in [0.2, 0.25) is 0 Å². The Balaban J connectivity index is 2.11. The first-order valence-electron chi connectivity index (χ1n) is 6.02. The van der Waals surface area contributed by atoms with Gasteiger partial charge in [0.15, 0.2) is 0 Å². The number of carbonyl (C=O) groups is 1. The highest BCUT2D eigenvalue weighted by atomic mass is 16.5. The lowest BCUT2D eigenvalue weighted by molar-refractivity contribution is 0.0601. The molecule has 17 heavy (non-hydrogen) atoms. The van der Waals surface area contributed by atoms with E-state index in [0.717, 1.165) is 0 Å². The van der Waals surface area contributed by atoms with Crippen molar-refractivity contribution in [1.29, 1.82) is 0 Å². The number of carbonyl (C=O) groups excluding carboxylic acids is 1. The van der Waals surface area contributed by atoms with Crippen LogP contribution in [-0.2, 0) is 4.74 Å². The fourth-order valence-corrected chi connectivity index (χ4v) is 2.07. The van der Waals surface area contributed by atoms with E-state index in [0.29, 0.717) is 23.3 Å². The average Bonchev–Trinajstić information content (AvgIpc) is 2.26. The second-order valence-electron chi connectivity index (χ2n) is 4.52. The zero-order valence-electron chi connectivity index (χ0n) is 10.3. The summed E-state index contributed by atoms with van der Waals surface area (Å²) in [6.45, 7) is 2.14. The van der Waals surface area contributed by atoms with Gasteiger partial charge in [-0.15, -0.1) is 0 Å². The summed E-state index contributed by atoms with van der Waals surface area (Å²) < 4.78 is 4.74. The Labute approximate surface area is 101 Å². The number of nitrogens with zero attached hydrogens (tertiary/aromatic N) is 1. The van der Waals surface area contributed by atoms with Gasteiger partial charge in [0, 0.05) is 12.2 Å². The third kappa shape index (κ3) is 2.57. The first-order chi connectivity index (χ1) is 8.22. The van der Waals surface area contributed by atoms with Crippen molar-refractivity contribution in [2.24, 2.45) is 5.92 Å². The van der Waals surface area contributed by atoms with E-state index in [4.69, 9.17) is 4.74 Å². The van der Waals surface area contributed by atoms with Crippen molar-refractivity contribution >= 4 is 11.8 Å². The molecule has 4 nitrogen and oxygen atoms in total. The van der Waals surface area contributed by atoms with Gasteiger partial charge in [0.25, 0.3) is 0 Å². The van der Waals surface area contributed by atoms with Crippen LogP contribution in [0.1, 0.15) is 36.5 Å². The molecule has 0 bridgehead atoms. The highest BCUT2D eigenvalue weighted by Crippen LogP contribution is 2.31. The molecule has 0 aromatic carbocycles. The zero-order valence-corrected chi connectivity index (χ0v) is 10.3. The summed E-state index contributed by atoms with van der Waals surface area (Å²) in [5.74, 6) is 0.975. The molecular weight excluding hydrogens is 216 g/mol. The van der Waals surface area contributed by atoms with Crippen molar-refractivity contribution in [3.63, 3.8) is 0 Å². The van der Waals surface area contributed by atoms with Crippen molar-refractivity contribution in [2.45, 2.75) is 32.2 Å². The molecule has 1 aliphatic rings. The van der Waals surface area contributed by atoms with Crippen LogP contribution in [0.25, 0.3) is 0 Å². The van der Waals surface area contributed by atoms with E-state index >= 15 is 0 Å². The number of esters is 1. The van der Waals surface area contributed by atoms with Crippen LogP contribution in [0.4, 0.5) is 5.82 Å². The van der Waals surface area contributed by atoms with Gasteiger partial charge >= 0.3 is 5.97 Å². The molecule has 1 saturated carbocycles. The smallest absolute Gasteiger partial charge is 0.341 e. The molecule has 0 saturated heterocycles. The van der Waals surface area contributed by atoms with Crippen LogP contribution in [0.5, 0.6) is 0 Å². The predicted octanol–water partition coefficient (Wildman–Crippen LogP) is 2.47. The number of aromatic nitrogens is 1. The SMILES string of the molecule is COC(=O)c1cccnc1NC(C)C1CCC1. The molecule has 1 heterocycles. The van der Waals surface area contributed by atoms with E-state index in [1.165, 1.54) is 26.4 Å². The van der Waals surface area contributed by atoms with Crippen molar-refractivity contribution in [3.05, 3.63) is 23.9 Å². The second-order valence-corrected chi connectivity index (χ2v) is 4.52. The van der Waals surface area contributed by atoms with Gasteiger partial charge in [-0.25, -0.2) is 9.78 Å². The van der Waals surface area contributed by atoms with Crippen LogP contribution in [0, 0.1) is 5.92 Å². The molecule has 1 N–H and O–H groups in total. The quantitative estimate of drug-likeness (QED) is 0.813. The Morgan fingerprint density at radius 3 is 2.94 bits per heavy atom. The highest BCUT2D eigenvalue weighted by Gasteiger charge is 2.25. The number of hydrogen-bond donors (Lipinski definition) is 1. The van der Waals surface area contributed by atoms with E-state index in [1.54, 1.807) is 18.3 Å². The number of rotatable bonds is 4. The van der Waals surface area contributed by atoms with Crippen molar-refractivity contribution in [3.8, 4) is 0 Å². The first-order valence-corrected chi connectivity index (χ1v) is 6.02. The van der Waals surface area contributed by atoms with Gasteiger partial charge in [-0.1, -0.05) is 6.42 Å². The summed E-state index contributed by atoms with van der Waals surface area (Å²) in [7, 11) is 1.38. The van der Waals surface area contributed by atoms with Gasteiger partial charge in [-0.3, -0.25) is 0 Å². The lowest BCUT2D eigenvalue weighted by atomic mass is 9.80. The fraction of sp³-hybridized carbons (Fsp3) is 0.538. The summed E-state index contributed by atoms with van der Waals surface area (Å²) in [5, 5.41) is 3.32. The first kappa shape index (κ1) is 11.9. The monoisotopic (exact) mass is 234 g/mol. The Morgan fingerprint density at radius 1 is 1.59 bits per heavy atom. The minimum atomic E-state index is -0.346. The zero-order chi connectivity index (χ0) is 12.3. The van der Waals surface area contributed by atoms with Gasteiger partial charge in [0.05, 0.1) is 7.11 Å². The van der Waals surface area contributed by atoms with Crippen LogP contribution in [0.2, 0.25) is 0 Å². The van der Waals surface area contributed by atoms with Gasteiger partial charge < -0.3 is 10.1 Å². The number of nitrogens with one attached hydrogen (secondary N) is 1. The Bertz CT molecular complexity index is 402. The van der Waals surface area contributed by atoms with Crippen LogP contribution in [-0.4, -0.2) is 24.1 Å². The van der Waals surface area contributed by atoms with Crippen LogP contribution in [0.15, 0.2) is 18.3 Å². The van der Waals surface area contributed by atoms with Crippen LogP contribution >= 0.6 is 0 Å². The lowest BCUT2D eigenvalue weighted by Gasteiger charge is -2.32. The highest BCUT2D eigenvalue weighted by molar-refractivity contribution is 5.94. The van der Waals surface area contributed by atoms with Gasteiger partial charge in [-0.2, -0.15) is 0 Å². The average molecular weight is 234 g/mol. The normalized spacial score (nSPS) is 17.1. The summed E-state index contributed by atoms with van der Waals surface area (Å²) in [4.78, 5) is 15.8. The maximum atomic E-state index is 11.6. The molecule has 1 fully saturated rings. The molecule has 1 aromatic heterocycles. The number of hydrogen-bond acceptors (Lipinski definition) is 4. The molecule has 0 spiro atoms. The second kappa shape index (κ2) is 5.17. The number of methoxy groups -OCH3 is 1. The predicted molar refractivity (Wildman–Crippen MR) is 66.0 cm³/mol. The van der Waals surface area contributed by atoms with Crippen molar-refractivity contribution < 1.29 is 9.53 Å². The van der Waals surface area contributed by atoms with Crippen LogP contribution in [0.3, 0.4) is 0 Å². The van der Waals surface area contributed by atoms with E-state index in [-0.39, 0.29) is 5.97 Å². The van der Waals surface area contributed by atoms with E-state index in [2.05, 4.69) is 17.2 Å². The van der Waals surface area contributed by atoms with E-state index in [1.807, 2.05) is 0 Å². The third-order valence-corrected chi connectivity index (χ3v) is 3.43. The minimum absolute atomic E-state index is 0.346. The van der Waals surface area contributed by atoms with Crippen molar-refractivity contribution in [1.82, 2.24) is 4.98 Å². The Hall–Kier alpha value is -1.58. The number of anilines is 1. The molecular formula is C13H18N2O2. The maximum absolute atomic E-state index is 11.6. The lowest BCUT2D eigenvalue weighted by Crippen LogP contribution is -2.31. The van der Waals surface area contributed by atoms with Gasteiger partial charge in [0.1, 0.15) is 11.4 Å². The molecule has 0 amide bonds. The van der Waals surface area contributed by atoms with E-state index in [9.17, 15) is 4.79 Å². The summed E-state index contributed by atoms with van der Waals surface area (Å²) >= 11 is 0.